The van der Waals surface area contributed by atoms with E-state index in [-0.39, 0.29) is 17.9 Å². The molecule has 2 aromatic carbocycles. The molecule has 0 radical (unpaired) electrons. The quantitative estimate of drug-likeness (QED) is 0.894. The monoisotopic (exact) mass is 361 g/mol. The molecule has 2 amide bonds. The summed E-state index contributed by atoms with van der Waals surface area (Å²) >= 11 is 6.01. The summed E-state index contributed by atoms with van der Waals surface area (Å²) < 4.78 is 13.0. The maximum absolute atomic E-state index is 13.0. The van der Waals surface area contributed by atoms with Crippen LogP contribution < -0.4 is 10.2 Å². The standard InChI is InChI=1S/C19H21ClFN3O/c1-14(15-3-2-4-16(20)13-15)22-19(25)24-11-9-23(10-12-24)18-7-5-17(21)6-8-18/h2-8,13-14H,9-12H2,1H3,(H,22,25). The molecule has 0 aliphatic carbocycles. The first-order chi connectivity index (χ1) is 12.0. The van der Waals surface area contributed by atoms with E-state index in [4.69, 9.17) is 11.6 Å². The first kappa shape index (κ1) is 17.5. The van der Waals surface area contributed by atoms with Gasteiger partial charge in [-0.05, 0) is 48.9 Å². The molecule has 1 aliphatic heterocycles. The van der Waals surface area contributed by atoms with Gasteiger partial charge in [0.1, 0.15) is 5.82 Å². The van der Waals surface area contributed by atoms with E-state index in [1.165, 1.54) is 12.1 Å². The summed E-state index contributed by atoms with van der Waals surface area (Å²) in [7, 11) is 0. The molecular formula is C19H21ClFN3O. The summed E-state index contributed by atoms with van der Waals surface area (Å²) in [5.74, 6) is -0.239. The minimum absolute atomic E-state index is 0.0776. The zero-order valence-corrected chi connectivity index (χ0v) is 14.8. The number of anilines is 1. The van der Waals surface area contributed by atoms with Crippen LogP contribution in [-0.2, 0) is 0 Å². The molecule has 132 valence electrons. The van der Waals surface area contributed by atoms with Gasteiger partial charge in [-0.3, -0.25) is 0 Å². The lowest BCUT2D eigenvalue weighted by Gasteiger charge is -2.36. The Kier molecular flexibility index (Phi) is 5.43. The first-order valence-corrected chi connectivity index (χ1v) is 8.72. The summed E-state index contributed by atoms with van der Waals surface area (Å²) in [4.78, 5) is 16.4. The number of urea groups is 1. The second kappa shape index (κ2) is 7.74. The molecule has 4 nitrogen and oxygen atoms in total. The summed E-state index contributed by atoms with van der Waals surface area (Å²) in [5.41, 5.74) is 1.96. The van der Waals surface area contributed by atoms with Crippen LogP contribution in [-0.4, -0.2) is 37.1 Å². The van der Waals surface area contributed by atoms with E-state index in [0.717, 1.165) is 24.3 Å². The smallest absolute Gasteiger partial charge is 0.317 e. The van der Waals surface area contributed by atoms with Crippen molar-refractivity contribution in [3.63, 3.8) is 0 Å². The van der Waals surface area contributed by atoms with Crippen LogP contribution in [0, 0.1) is 5.82 Å². The van der Waals surface area contributed by atoms with E-state index in [1.54, 1.807) is 17.0 Å². The fraction of sp³-hybridized carbons (Fsp3) is 0.316. The molecule has 1 unspecified atom stereocenters. The summed E-state index contributed by atoms with van der Waals surface area (Å²) in [6.45, 7) is 4.66. The molecule has 1 heterocycles. The van der Waals surface area contributed by atoms with Gasteiger partial charge in [-0.15, -0.1) is 0 Å². The van der Waals surface area contributed by atoms with Crippen molar-refractivity contribution < 1.29 is 9.18 Å². The third-order valence-corrected chi connectivity index (χ3v) is 4.68. The fourth-order valence-corrected chi connectivity index (χ4v) is 3.15. The number of hydrogen-bond acceptors (Lipinski definition) is 2. The second-order valence-electron chi connectivity index (χ2n) is 6.18. The average Bonchev–Trinajstić information content (AvgIpc) is 2.62. The Morgan fingerprint density at radius 2 is 1.80 bits per heavy atom. The Bertz CT molecular complexity index is 730. The van der Waals surface area contributed by atoms with E-state index in [0.29, 0.717) is 18.1 Å². The van der Waals surface area contributed by atoms with Crippen LogP contribution in [0.25, 0.3) is 0 Å². The van der Waals surface area contributed by atoms with Gasteiger partial charge >= 0.3 is 6.03 Å². The number of halogens is 2. The van der Waals surface area contributed by atoms with E-state index < -0.39 is 0 Å². The zero-order chi connectivity index (χ0) is 17.8. The van der Waals surface area contributed by atoms with E-state index >= 15 is 0 Å². The molecule has 0 aromatic heterocycles. The van der Waals surface area contributed by atoms with Gasteiger partial charge in [0.15, 0.2) is 0 Å². The highest BCUT2D eigenvalue weighted by molar-refractivity contribution is 6.30. The number of piperazine rings is 1. The SMILES string of the molecule is CC(NC(=O)N1CCN(c2ccc(F)cc2)CC1)c1cccc(Cl)c1. The minimum Gasteiger partial charge on any atom is -0.368 e. The van der Waals surface area contributed by atoms with Crippen molar-refractivity contribution in [1.29, 1.82) is 0 Å². The summed E-state index contributed by atoms with van der Waals surface area (Å²) in [6, 6.07) is 13.8. The van der Waals surface area contributed by atoms with Crippen LogP contribution in [0.15, 0.2) is 48.5 Å². The number of hydrogen-bond donors (Lipinski definition) is 1. The van der Waals surface area contributed by atoms with Gasteiger partial charge in [0, 0.05) is 36.9 Å². The van der Waals surface area contributed by atoms with Gasteiger partial charge in [0.25, 0.3) is 0 Å². The van der Waals surface area contributed by atoms with Crippen LogP contribution in [0.2, 0.25) is 5.02 Å². The summed E-state index contributed by atoms with van der Waals surface area (Å²) in [5, 5.41) is 3.67. The number of rotatable bonds is 3. The normalized spacial score (nSPS) is 15.8. The minimum atomic E-state index is -0.239. The maximum atomic E-state index is 13.0. The third kappa shape index (κ3) is 4.42. The Morgan fingerprint density at radius 1 is 1.12 bits per heavy atom. The van der Waals surface area contributed by atoms with Crippen molar-refractivity contribution in [2.45, 2.75) is 13.0 Å². The van der Waals surface area contributed by atoms with Gasteiger partial charge in [0.05, 0.1) is 6.04 Å². The highest BCUT2D eigenvalue weighted by atomic mass is 35.5. The first-order valence-electron chi connectivity index (χ1n) is 8.34. The van der Waals surface area contributed by atoms with Crippen LogP contribution in [0.5, 0.6) is 0 Å². The Balaban J connectivity index is 1.53. The largest absolute Gasteiger partial charge is 0.368 e. The van der Waals surface area contributed by atoms with Crippen molar-refractivity contribution in [3.05, 3.63) is 64.9 Å². The van der Waals surface area contributed by atoms with Gasteiger partial charge in [-0.1, -0.05) is 23.7 Å². The molecule has 0 spiro atoms. The third-order valence-electron chi connectivity index (χ3n) is 4.45. The van der Waals surface area contributed by atoms with Crippen molar-refractivity contribution in [1.82, 2.24) is 10.2 Å². The Hall–Kier alpha value is -2.27. The molecular weight excluding hydrogens is 341 g/mol. The van der Waals surface area contributed by atoms with E-state index in [1.807, 2.05) is 31.2 Å². The second-order valence-corrected chi connectivity index (χ2v) is 6.61. The maximum Gasteiger partial charge on any atom is 0.317 e. The van der Waals surface area contributed by atoms with Crippen molar-refractivity contribution in [3.8, 4) is 0 Å². The highest BCUT2D eigenvalue weighted by Gasteiger charge is 2.22. The molecule has 3 rings (SSSR count). The molecule has 6 heteroatoms. The lowest BCUT2D eigenvalue weighted by Crippen LogP contribution is -2.52. The lowest BCUT2D eigenvalue weighted by atomic mass is 10.1. The molecule has 2 aromatic rings. The molecule has 1 atom stereocenters. The number of carbonyl (C=O) groups is 1. The van der Waals surface area contributed by atoms with Crippen LogP contribution in [0.4, 0.5) is 14.9 Å². The van der Waals surface area contributed by atoms with Crippen molar-refractivity contribution >= 4 is 23.3 Å². The molecule has 1 fully saturated rings. The van der Waals surface area contributed by atoms with Crippen molar-refractivity contribution in [2.75, 3.05) is 31.1 Å². The number of nitrogens with zero attached hydrogens (tertiary/aromatic N) is 2. The van der Waals surface area contributed by atoms with E-state index in [2.05, 4.69) is 10.2 Å². The average molecular weight is 362 g/mol. The predicted molar refractivity (Wildman–Crippen MR) is 98.6 cm³/mol. The van der Waals surface area contributed by atoms with Crippen LogP contribution in [0.3, 0.4) is 0 Å². The predicted octanol–water partition coefficient (Wildman–Crippen LogP) is 4.07. The number of benzene rings is 2. The highest BCUT2D eigenvalue weighted by Crippen LogP contribution is 2.19. The van der Waals surface area contributed by atoms with Crippen LogP contribution >= 0.6 is 11.6 Å². The molecule has 0 bridgehead atoms. The van der Waals surface area contributed by atoms with Crippen LogP contribution in [0.1, 0.15) is 18.5 Å². The molecule has 0 saturated carbocycles. The van der Waals surface area contributed by atoms with E-state index in [9.17, 15) is 9.18 Å². The number of amides is 2. The van der Waals surface area contributed by atoms with Crippen molar-refractivity contribution in [2.24, 2.45) is 0 Å². The Labute approximate surface area is 152 Å². The molecule has 1 N–H and O–H groups in total. The molecule has 1 aliphatic rings. The van der Waals surface area contributed by atoms with Gasteiger partial charge in [-0.2, -0.15) is 0 Å². The number of nitrogens with one attached hydrogen (secondary N) is 1. The summed E-state index contributed by atoms with van der Waals surface area (Å²) in [6.07, 6.45) is 0. The molecule has 25 heavy (non-hydrogen) atoms. The van der Waals surface area contributed by atoms with Gasteiger partial charge in [0.2, 0.25) is 0 Å². The topological polar surface area (TPSA) is 35.6 Å². The lowest BCUT2D eigenvalue weighted by molar-refractivity contribution is 0.191. The Morgan fingerprint density at radius 3 is 2.44 bits per heavy atom. The molecule has 1 saturated heterocycles. The van der Waals surface area contributed by atoms with Gasteiger partial charge < -0.3 is 15.1 Å². The van der Waals surface area contributed by atoms with Gasteiger partial charge in [-0.25, -0.2) is 9.18 Å². The fourth-order valence-electron chi connectivity index (χ4n) is 2.96. The number of carbonyl (C=O) groups excluding carboxylic acids is 1. The zero-order valence-electron chi connectivity index (χ0n) is 14.1.